The number of carbonyl (C=O) groups is 2. The zero-order valence-electron chi connectivity index (χ0n) is 18.9. The molecule has 2 N–H and O–H groups in total. The van der Waals surface area contributed by atoms with Gasteiger partial charge in [0.2, 0.25) is 0 Å². The Morgan fingerprint density at radius 3 is 2.15 bits per heavy atom. The summed E-state index contributed by atoms with van der Waals surface area (Å²) in [6.45, 7) is 8.06. The highest BCUT2D eigenvalue weighted by atomic mass is 16.4. The van der Waals surface area contributed by atoms with Crippen LogP contribution in [0.2, 0.25) is 0 Å². The maximum atomic E-state index is 12.8. The van der Waals surface area contributed by atoms with Crippen molar-refractivity contribution in [2.24, 2.45) is 0 Å². The van der Waals surface area contributed by atoms with Crippen LogP contribution in [0.15, 0.2) is 71.5 Å². The van der Waals surface area contributed by atoms with E-state index in [1.165, 1.54) is 10.5 Å². The molecule has 1 aromatic heterocycles. The smallest absolute Gasteiger partial charge is 0.328 e. The number of carboxylic acid groups (broad SMARTS) is 2. The third kappa shape index (κ3) is 8.01. The Hall–Kier alpha value is -3.78. The highest BCUT2D eigenvalue weighted by molar-refractivity contribution is 5.88. The van der Waals surface area contributed by atoms with Crippen molar-refractivity contribution >= 4 is 22.7 Å². The van der Waals surface area contributed by atoms with E-state index in [2.05, 4.69) is 26.0 Å². The molecule has 0 fully saturated rings. The van der Waals surface area contributed by atoms with Gasteiger partial charge in [-0.3, -0.25) is 4.79 Å². The molecule has 0 radical (unpaired) electrons. The van der Waals surface area contributed by atoms with Crippen molar-refractivity contribution in [3.05, 3.63) is 88.4 Å². The molecule has 0 amide bonds. The number of aliphatic carboxylic acids is 2. The molecular weight excluding hydrogens is 422 g/mol. The van der Waals surface area contributed by atoms with Crippen molar-refractivity contribution in [2.45, 2.75) is 26.8 Å². The summed E-state index contributed by atoms with van der Waals surface area (Å²) in [7, 11) is 0. The average molecular weight is 452 g/mol. The number of nitrogens with one attached hydrogen (secondary N) is 1. The van der Waals surface area contributed by atoms with E-state index in [0.29, 0.717) is 18.7 Å². The van der Waals surface area contributed by atoms with Crippen molar-refractivity contribution < 1.29 is 24.7 Å². The van der Waals surface area contributed by atoms with E-state index in [0.717, 1.165) is 42.5 Å². The van der Waals surface area contributed by atoms with E-state index in [1.54, 1.807) is 4.68 Å². The molecule has 0 aliphatic heterocycles. The lowest BCUT2D eigenvalue weighted by atomic mass is 10.0. The molecule has 0 aliphatic carbocycles. The highest BCUT2D eigenvalue weighted by Crippen LogP contribution is 2.16. The average Bonchev–Trinajstić information content (AvgIpc) is 2.82. The molecule has 3 aromatic rings. The van der Waals surface area contributed by atoms with E-state index >= 15 is 0 Å². The minimum atomic E-state index is -1.51. The topological polar surface area (TPSA) is 117 Å². The van der Waals surface area contributed by atoms with Crippen LogP contribution in [0, 0.1) is 0 Å². The maximum absolute atomic E-state index is 12.8. The van der Waals surface area contributed by atoms with E-state index in [1.807, 2.05) is 42.5 Å². The standard InChI is InChI=1S/C21H25N3O.C4H4O4/c1-3-23(4-2)14-15-24-21(25)19-13-9-8-12-18(19)20(22-24)16-17-10-6-5-7-11-17;5-3(6)1-2-4(7)8/h5-13H,3-4,14-16H2,1-2H3;1-2H,(H,5,6)(H,7,8)/b;2-1-. The molecular formula is C25H29N3O5. The Balaban J connectivity index is 0.000000414. The molecule has 2 aromatic carbocycles. The summed E-state index contributed by atoms with van der Waals surface area (Å²) in [4.78, 5) is 33.3. The fraction of sp³-hybridized carbons (Fsp3) is 0.280. The molecule has 0 saturated carbocycles. The van der Waals surface area contributed by atoms with Crippen LogP contribution in [0.5, 0.6) is 0 Å². The molecule has 33 heavy (non-hydrogen) atoms. The normalized spacial score (nSPS) is 10.9. The summed E-state index contributed by atoms with van der Waals surface area (Å²) < 4.78 is 1.66. The molecule has 0 atom stereocenters. The summed E-state index contributed by atoms with van der Waals surface area (Å²) in [6, 6.07) is 18.1. The van der Waals surface area contributed by atoms with Gasteiger partial charge in [0, 0.05) is 17.9 Å². The lowest BCUT2D eigenvalue weighted by Gasteiger charge is -2.16. The number of rotatable bonds is 9. The Morgan fingerprint density at radius 1 is 1.00 bits per heavy atom. The zero-order valence-corrected chi connectivity index (χ0v) is 18.9. The second-order valence-electron chi connectivity index (χ2n) is 7.38. The summed E-state index contributed by atoms with van der Waals surface area (Å²) in [5.74, 6) is -2.80. The molecule has 174 valence electrons. The number of hydrogen-bond donors (Lipinski definition) is 2. The summed E-state index contributed by atoms with van der Waals surface area (Å²) in [5.41, 5.74) is 2.19. The Morgan fingerprint density at radius 2 is 1.61 bits per heavy atom. The number of nitrogens with zero attached hydrogens (tertiary/aromatic N) is 2. The first-order valence-electron chi connectivity index (χ1n) is 10.8. The third-order valence-electron chi connectivity index (χ3n) is 5.20. The second kappa shape index (κ2) is 12.9. The molecule has 0 saturated heterocycles. The van der Waals surface area contributed by atoms with Gasteiger partial charge < -0.3 is 19.9 Å². The largest absolute Gasteiger partial charge is 0.545 e. The number of benzene rings is 2. The van der Waals surface area contributed by atoms with E-state index in [-0.39, 0.29) is 5.56 Å². The SMILES string of the molecule is CC[NH+](CC)CCn1nc(Cc2ccccc2)c2ccccc2c1=O.O=C([O-])/C=C\C(=O)O. The zero-order chi connectivity index (χ0) is 24.2. The van der Waals surface area contributed by atoms with Crippen LogP contribution in [0.4, 0.5) is 0 Å². The van der Waals surface area contributed by atoms with Gasteiger partial charge in [-0.15, -0.1) is 0 Å². The van der Waals surface area contributed by atoms with Crippen molar-refractivity contribution in [1.29, 1.82) is 0 Å². The lowest BCUT2D eigenvalue weighted by Crippen LogP contribution is -3.11. The van der Waals surface area contributed by atoms with Crippen LogP contribution < -0.4 is 15.6 Å². The molecule has 1 heterocycles. The molecule has 0 unspecified atom stereocenters. The van der Waals surface area contributed by atoms with Crippen LogP contribution in [0.25, 0.3) is 10.8 Å². The fourth-order valence-corrected chi connectivity index (χ4v) is 3.38. The number of likely N-dealkylation sites (N-methyl/N-ethyl adjacent to an activating group) is 1. The van der Waals surface area contributed by atoms with E-state index in [4.69, 9.17) is 10.2 Å². The Kier molecular flexibility index (Phi) is 9.98. The first-order chi connectivity index (χ1) is 15.8. The maximum Gasteiger partial charge on any atom is 0.328 e. The van der Waals surface area contributed by atoms with Gasteiger partial charge in [-0.25, -0.2) is 9.48 Å². The van der Waals surface area contributed by atoms with E-state index in [9.17, 15) is 19.5 Å². The van der Waals surface area contributed by atoms with Gasteiger partial charge in [0.1, 0.15) is 0 Å². The first-order valence-corrected chi connectivity index (χ1v) is 10.8. The number of quaternary nitrogens is 1. The molecule has 8 nitrogen and oxygen atoms in total. The van der Waals surface area contributed by atoms with Gasteiger partial charge in [-0.1, -0.05) is 48.5 Å². The quantitative estimate of drug-likeness (QED) is 0.452. The van der Waals surface area contributed by atoms with Crippen LogP contribution in [-0.4, -0.2) is 46.5 Å². The van der Waals surface area contributed by atoms with Gasteiger partial charge in [0.25, 0.3) is 5.56 Å². The van der Waals surface area contributed by atoms with Gasteiger partial charge >= 0.3 is 5.97 Å². The molecule has 3 rings (SSSR count). The van der Waals surface area contributed by atoms with Gasteiger partial charge in [0.15, 0.2) is 0 Å². The Labute approximate surface area is 192 Å². The number of carbonyl (C=O) groups excluding carboxylic acids is 1. The van der Waals surface area contributed by atoms with Gasteiger partial charge in [-0.05, 0) is 31.6 Å². The van der Waals surface area contributed by atoms with Crippen LogP contribution >= 0.6 is 0 Å². The predicted octanol–water partition coefficient (Wildman–Crippen LogP) is 0.289. The van der Waals surface area contributed by atoms with Crippen molar-refractivity contribution in [3.63, 3.8) is 0 Å². The molecule has 0 spiro atoms. The van der Waals surface area contributed by atoms with Gasteiger partial charge in [0.05, 0.1) is 43.2 Å². The van der Waals surface area contributed by atoms with Crippen LogP contribution in [-0.2, 0) is 22.6 Å². The number of fused-ring (bicyclic) bond motifs is 1. The van der Waals surface area contributed by atoms with Gasteiger partial charge in [-0.2, -0.15) is 5.10 Å². The monoisotopic (exact) mass is 451 g/mol. The molecule has 0 bridgehead atoms. The van der Waals surface area contributed by atoms with Crippen LogP contribution in [0.3, 0.4) is 0 Å². The van der Waals surface area contributed by atoms with Crippen molar-refractivity contribution in [1.82, 2.24) is 9.78 Å². The lowest BCUT2D eigenvalue weighted by molar-refractivity contribution is -0.897. The summed E-state index contributed by atoms with van der Waals surface area (Å²) >= 11 is 0. The fourth-order valence-electron chi connectivity index (χ4n) is 3.38. The number of hydrogen-bond acceptors (Lipinski definition) is 5. The number of aromatic nitrogens is 2. The van der Waals surface area contributed by atoms with Crippen molar-refractivity contribution in [2.75, 3.05) is 19.6 Å². The highest BCUT2D eigenvalue weighted by Gasteiger charge is 2.12. The van der Waals surface area contributed by atoms with Crippen LogP contribution in [0.1, 0.15) is 25.1 Å². The predicted molar refractivity (Wildman–Crippen MR) is 124 cm³/mol. The third-order valence-corrected chi connectivity index (χ3v) is 5.20. The minimum absolute atomic E-state index is 0.0129. The first kappa shape index (κ1) is 25.5. The Bertz CT molecular complexity index is 1140. The summed E-state index contributed by atoms with van der Waals surface area (Å²) in [6.07, 6.45) is 1.68. The number of carboxylic acids is 2. The second-order valence-corrected chi connectivity index (χ2v) is 7.38. The van der Waals surface area contributed by atoms with Crippen molar-refractivity contribution in [3.8, 4) is 0 Å². The summed E-state index contributed by atoms with van der Waals surface area (Å²) in [5, 5.41) is 23.7. The minimum Gasteiger partial charge on any atom is -0.545 e. The van der Waals surface area contributed by atoms with E-state index < -0.39 is 11.9 Å². The molecule has 0 aliphatic rings. The molecule has 8 heteroatoms.